The minimum absolute atomic E-state index is 0.355. The second kappa shape index (κ2) is 8.96. The van der Waals surface area contributed by atoms with Gasteiger partial charge in [0.1, 0.15) is 0 Å². The first-order valence-electron chi connectivity index (χ1n) is 6.29. The van der Waals surface area contributed by atoms with E-state index < -0.39 is 5.97 Å². The second-order valence-electron chi connectivity index (χ2n) is 3.97. The first kappa shape index (κ1) is 15.0. The zero-order valence-electron chi connectivity index (χ0n) is 11.3. The van der Waals surface area contributed by atoms with Crippen molar-refractivity contribution in [3.8, 4) is 11.8 Å². The van der Waals surface area contributed by atoms with Gasteiger partial charge in [0.2, 0.25) is 0 Å². The van der Waals surface area contributed by atoms with E-state index in [1.165, 1.54) is 5.56 Å². The van der Waals surface area contributed by atoms with Crippen molar-refractivity contribution in [2.75, 3.05) is 19.7 Å². The van der Waals surface area contributed by atoms with Gasteiger partial charge in [-0.25, -0.2) is 4.79 Å². The van der Waals surface area contributed by atoms with E-state index in [1.54, 1.807) is 6.92 Å². The number of ether oxygens (including phenoxy) is 1. The number of carbonyl (C=O) groups excluding carboxylic acids is 1. The first-order chi connectivity index (χ1) is 9.26. The Morgan fingerprint density at radius 1 is 1.42 bits per heavy atom. The molecule has 0 radical (unpaired) electrons. The average Bonchev–Trinajstić information content (AvgIpc) is 2.40. The molecular formula is C16H19NO2. The normalized spacial score (nSPS) is 9.58. The van der Waals surface area contributed by atoms with Gasteiger partial charge >= 0.3 is 5.97 Å². The zero-order valence-corrected chi connectivity index (χ0v) is 11.3. The molecule has 1 aromatic carbocycles. The fourth-order valence-corrected chi connectivity index (χ4v) is 1.60. The summed E-state index contributed by atoms with van der Waals surface area (Å²) in [5.41, 5.74) is 1.21. The molecule has 0 unspecified atom stereocenters. The van der Waals surface area contributed by atoms with Gasteiger partial charge in [0.15, 0.2) is 0 Å². The van der Waals surface area contributed by atoms with Crippen LogP contribution in [0, 0.1) is 11.8 Å². The van der Waals surface area contributed by atoms with Crippen LogP contribution in [0.4, 0.5) is 0 Å². The maximum absolute atomic E-state index is 11.1. The third kappa shape index (κ3) is 6.44. The first-order valence-corrected chi connectivity index (χ1v) is 6.29. The van der Waals surface area contributed by atoms with Gasteiger partial charge in [-0.2, -0.15) is 0 Å². The molecule has 0 fully saturated rings. The van der Waals surface area contributed by atoms with E-state index >= 15 is 0 Å². The van der Waals surface area contributed by atoms with Crippen LogP contribution in [-0.4, -0.2) is 30.6 Å². The van der Waals surface area contributed by atoms with Gasteiger partial charge in [0.25, 0.3) is 0 Å². The topological polar surface area (TPSA) is 29.5 Å². The van der Waals surface area contributed by atoms with E-state index in [0.29, 0.717) is 13.2 Å². The van der Waals surface area contributed by atoms with Crippen molar-refractivity contribution in [3.05, 3.63) is 48.6 Å². The minimum Gasteiger partial charge on any atom is -0.456 e. The number of rotatable bonds is 6. The molecule has 0 spiro atoms. The zero-order chi connectivity index (χ0) is 13.9. The van der Waals surface area contributed by atoms with E-state index in [2.05, 4.69) is 35.5 Å². The summed E-state index contributed by atoms with van der Waals surface area (Å²) in [6.07, 6.45) is 1.83. The molecule has 0 bridgehead atoms. The minimum atomic E-state index is -0.472. The third-order valence-corrected chi connectivity index (χ3v) is 2.40. The molecule has 0 aromatic heterocycles. The van der Waals surface area contributed by atoms with Crippen LogP contribution in [0.5, 0.6) is 0 Å². The molecule has 0 N–H and O–H groups in total. The molecule has 1 rings (SSSR count). The van der Waals surface area contributed by atoms with Crippen LogP contribution in [0.1, 0.15) is 12.5 Å². The SMILES string of the molecule is C=CCN(CC#CC(=O)OCC)Cc1ccccc1. The molecule has 0 amide bonds. The van der Waals surface area contributed by atoms with Gasteiger partial charge in [-0.3, -0.25) is 4.90 Å². The lowest BCUT2D eigenvalue weighted by Crippen LogP contribution is -2.23. The molecule has 0 saturated heterocycles. The molecule has 0 aliphatic heterocycles. The van der Waals surface area contributed by atoms with E-state index in [9.17, 15) is 4.79 Å². The van der Waals surface area contributed by atoms with Crippen LogP contribution in [0.2, 0.25) is 0 Å². The van der Waals surface area contributed by atoms with Crippen LogP contribution < -0.4 is 0 Å². The summed E-state index contributed by atoms with van der Waals surface area (Å²) in [5.74, 6) is 4.83. The summed E-state index contributed by atoms with van der Waals surface area (Å²) in [5, 5.41) is 0. The van der Waals surface area contributed by atoms with Gasteiger partial charge in [-0.1, -0.05) is 42.3 Å². The van der Waals surface area contributed by atoms with Crippen molar-refractivity contribution in [1.29, 1.82) is 0 Å². The fraction of sp³-hybridized carbons (Fsp3) is 0.312. The Balaban J connectivity index is 2.53. The Hall–Kier alpha value is -2.05. The van der Waals surface area contributed by atoms with Crippen LogP contribution in [0.3, 0.4) is 0 Å². The molecule has 0 aliphatic rings. The molecule has 19 heavy (non-hydrogen) atoms. The van der Waals surface area contributed by atoms with Gasteiger partial charge in [-0.15, -0.1) is 6.58 Å². The Labute approximate surface area is 114 Å². The lowest BCUT2D eigenvalue weighted by atomic mass is 10.2. The number of hydrogen-bond acceptors (Lipinski definition) is 3. The van der Waals surface area contributed by atoms with Crippen molar-refractivity contribution < 1.29 is 9.53 Å². The molecule has 1 aromatic rings. The van der Waals surface area contributed by atoms with E-state index in [-0.39, 0.29) is 0 Å². The highest BCUT2D eigenvalue weighted by molar-refractivity contribution is 5.88. The molecule has 100 valence electrons. The molecule has 0 saturated carbocycles. The lowest BCUT2D eigenvalue weighted by Gasteiger charge is -2.17. The van der Waals surface area contributed by atoms with Crippen molar-refractivity contribution in [1.82, 2.24) is 4.90 Å². The van der Waals surface area contributed by atoms with E-state index in [1.807, 2.05) is 24.3 Å². The smallest absolute Gasteiger partial charge is 0.384 e. The Morgan fingerprint density at radius 3 is 2.79 bits per heavy atom. The molecular weight excluding hydrogens is 238 g/mol. The van der Waals surface area contributed by atoms with E-state index in [0.717, 1.165) is 13.1 Å². The predicted octanol–water partition coefficient (Wildman–Crippen LogP) is 2.24. The van der Waals surface area contributed by atoms with Gasteiger partial charge in [0.05, 0.1) is 13.2 Å². The Kier molecular flexibility index (Phi) is 7.08. The Morgan fingerprint density at radius 2 is 2.16 bits per heavy atom. The molecule has 0 heterocycles. The number of carbonyl (C=O) groups is 1. The molecule has 0 atom stereocenters. The molecule has 3 heteroatoms. The maximum Gasteiger partial charge on any atom is 0.384 e. The largest absolute Gasteiger partial charge is 0.456 e. The second-order valence-corrected chi connectivity index (χ2v) is 3.97. The van der Waals surface area contributed by atoms with Crippen molar-refractivity contribution in [3.63, 3.8) is 0 Å². The summed E-state index contributed by atoms with van der Waals surface area (Å²) >= 11 is 0. The van der Waals surface area contributed by atoms with Gasteiger partial charge in [-0.05, 0) is 12.5 Å². The van der Waals surface area contributed by atoms with Gasteiger partial charge < -0.3 is 4.74 Å². The molecule has 0 aliphatic carbocycles. The van der Waals surface area contributed by atoms with Crippen LogP contribution in [0.15, 0.2) is 43.0 Å². The number of esters is 1. The highest BCUT2D eigenvalue weighted by atomic mass is 16.5. The summed E-state index contributed by atoms with van der Waals surface area (Å²) in [6, 6.07) is 10.1. The highest BCUT2D eigenvalue weighted by Crippen LogP contribution is 2.03. The monoisotopic (exact) mass is 257 g/mol. The lowest BCUT2D eigenvalue weighted by molar-refractivity contribution is -0.136. The standard InChI is InChI=1S/C16H19NO2/c1-3-12-17(13-8-11-16(18)19-4-2)14-15-9-6-5-7-10-15/h3,5-7,9-10H,1,4,12-14H2,2H3. The predicted molar refractivity (Wildman–Crippen MR) is 76.3 cm³/mol. The van der Waals surface area contributed by atoms with Crippen LogP contribution in [0.25, 0.3) is 0 Å². The van der Waals surface area contributed by atoms with Crippen LogP contribution >= 0.6 is 0 Å². The quantitative estimate of drug-likeness (QED) is 0.339. The van der Waals surface area contributed by atoms with Crippen LogP contribution in [-0.2, 0) is 16.1 Å². The number of benzene rings is 1. The number of nitrogens with zero attached hydrogens (tertiary/aromatic N) is 1. The van der Waals surface area contributed by atoms with Crippen molar-refractivity contribution in [2.24, 2.45) is 0 Å². The van der Waals surface area contributed by atoms with Crippen molar-refractivity contribution >= 4 is 5.97 Å². The maximum atomic E-state index is 11.1. The highest BCUT2D eigenvalue weighted by Gasteiger charge is 2.02. The van der Waals surface area contributed by atoms with Gasteiger partial charge in [0, 0.05) is 19.0 Å². The fourth-order valence-electron chi connectivity index (χ4n) is 1.60. The number of hydrogen-bond donors (Lipinski definition) is 0. The van der Waals surface area contributed by atoms with E-state index in [4.69, 9.17) is 4.74 Å². The summed E-state index contributed by atoms with van der Waals surface area (Å²) in [4.78, 5) is 13.2. The third-order valence-electron chi connectivity index (χ3n) is 2.40. The van der Waals surface area contributed by atoms with Crippen molar-refractivity contribution in [2.45, 2.75) is 13.5 Å². The average molecular weight is 257 g/mol. The Bertz CT molecular complexity index is 457. The summed E-state index contributed by atoms with van der Waals surface area (Å²) < 4.78 is 4.75. The summed E-state index contributed by atoms with van der Waals surface area (Å²) in [7, 11) is 0. The summed E-state index contributed by atoms with van der Waals surface area (Å²) in [6.45, 7) is 7.88. The molecule has 3 nitrogen and oxygen atoms in total.